The minimum absolute atomic E-state index is 0.0620. The summed E-state index contributed by atoms with van der Waals surface area (Å²) in [4.78, 5) is 1.24. The Kier molecular flexibility index (Phi) is 3.64. The van der Waals surface area contributed by atoms with Crippen molar-refractivity contribution < 1.29 is 13.5 Å². The monoisotopic (exact) mass is 327 g/mol. The van der Waals surface area contributed by atoms with Crippen LogP contribution in [-0.4, -0.2) is 34.6 Å². The summed E-state index contributed by atoms with van der Waals surface area (Å²) in [5.74, 6) is 0. The first-order valence-corrected chi connectivity index (χ1v) is 9.01. The number of H-pyrrole nitrogens is 1. The number of hydrogen-bond acceptors (Lipinski definition) is 5. The average Bonchev–Trinajstić information content (AvgIpc) is 3.05. The van der Waals surface area contributed by atoms with Crippen LogP contribution in [0.3, 0.4) is 0 Å². The van der Waals surface area contributed by atoms with Crippen LogP contribution in [0.1, 0.15) is 34.7 Å². The molecule has 2 aromatic heterocycles. The molecule has 8 heteroatoms. The molecule has 0 saturated carbocycles. The Morgan fingerprint density at radius 1 is 1.57 bits per heavy atom. The Morgan fingerprint density at radius 3 is 3.05 bits per heavy atom. The molecule has 1 aliphatic rings. The fourth-order valence-electron chi connectivity index (χ4n) is 2.76. The van der Waals surface area contributed by atoms with Gasteiger partial charge in [0, 0.05) is 28.7 Å². The maximum atomic E-state index is 12.9. The van der Waals surface area contributed by atoms with E-state index in [9.17, 15) is 13.5 Å². The van der Waals surface area contributed by atoms with Gasteiger partial charge in [0.15, 0.2) is 5.03 Å². The van der Waals surface area contributed by atoms with Gasteiger partial charge in [0.25, 0.3) is 10.0 Å². The number of thiophene rings is 1. The van der Waals surface area contributed by atoms with Crippen molar-refractivity contribution in [1.82, 2.24) is 14.5 Å². The Balaban J connectivity index is 2.03. The quantitative estimate of drug-likeness (QED) is 0.896. The summed E-state index contributed by atoms with van der Waals surface area (Å²) in [6.07, 6.45) is 0.717. The van der Waals surface area contributed by atoms with Crippen molar-refractivity contribution >= 4 is 21.4 Å². The van der Waals surface area contributed by atoms with Crippen molar-refractivity contribution in [2.24, 2.45) is 0 Å². The highest BCUT2D eigenvalue weighted by molar-refractivity contribution is 7.89. The summed E-state index contributed by atoms with van der Waals surface area (Å²) < 4.78 is 27.2. The predicted octanol–water partition coefficient (Wildman–Crippen LogP) is 1.58. The zero-order chi connectivity index (χ0) is 15.2. The molecule has 0 aliphatic carbocycles. The van der Waals surface area contributed by atoms with Gasteiger partial charge in [-0.15, -0.1) is 11.3 Å². The van der Waals surface area contributed by atoms with Crippen LogP contribution in [-0.2, 0) is 23.1 Å². The second kappa shape index (κ2) is 5.20. The molecule has 21 heavy (non-hydrogen) atoms. The summed E-state index contributed by atoms with van der Waals surface area (Å²) in [5, 5.41) is 17.9. The van der Waals surface area contributed by atoms with Gasteiger partial charge >= 0.3 is 0 Å². The van der Waals surface area contributed by atoms with Crippen LogP contribution in [0.2, 0.25) is 0 Å². The lowest BCUT2D eigenvalue weighted by molar-refractivity contribution is 0.276. The minimum atomic E-state index is -3.72. The summed E-state index contributed by atoms with van der Waals surface area (Å²) in [6.45, 7) is 3.69. The molecular weight excluding hydrogens is 310 g/mol. The van der Waals surface area contributed by atoms with E-state index >= 15 is 0 Å². The number of fused-ring (bicyclic) bond motifs is 1. The van der Waals surface area contributed by atoms with Crippen LogP contribution in [0.15, 0.2) is 16.5 Å². The van der Waals surface area contributed by atoms with Crippen molar-refractivity contribution in [3.8, 4) is 0 Å². The first-order chi connectivity index (χ1) is 9.96. The van der Waals surface area contributed by atoms with Crippen molar-refractivity contribution in [2.45, 2.75) is 37.9 Å². The predicted molar refractivity (Wildman–Crippen MR) is 79.6 cm³/mol. The molecule has 0 fully saturated rings. The van der Waals surface area contributed by atoms with Crippen LogP contribution >= 0.6 is 11.3 Å². The number of nitrogens with zero attached hydrogens (tertiary/aromatic N) is 2. The van der Waals surface area contributed by atoms with E-state index in [-0.39, 0.29) is 17.7 Å². The summed E-state index contributed by atoms with van der Waals surface area (Å²) in [5.41, 5.74) is 1.99. The lowest BCUT2D eigenvalue weighted by atomic mass is 10.0. The van der Waals surface area contributed by atoms with Crippen LogP contribution in [0.4, 0.5) is 0 Å². The minimum Gasteiger partial charge on any atom is -0.392 e. The van der Waals surface area contributed by atoms with Crippen molar-refractivity contribution in [3.05, 3.63) is 33.1 Å². The highest BCUT2D eigenvalue weighted by Gasteiger charge is 2.37. The van der Waals surface area contributed by atoms with E-state index in [0.29, 0.717) is 24.2 Å². The maximum absolute atomic E-state index is 12.9. The fourth-order valence-corrected chi connectivity index (χ4v) is 5.49. The van der Waals surface area contributed by atoms with Crippen LogP contribution in [0.5, 0.6) is 0 Å². The van der Waals surface area contributed by atoms with Gasteiger partial charge in [-0.1, -0.05) is 0 Å². The first-order valence-electron chi connectivity index (χ1n) is 6.69. The van der Waals surface area contributed by atoms with Gasteiger partial charge in [0.2, 0.25) is 0 Å². The molecule has 2 aromatic rings. The molecule has 1 aliphatic heterocycles. The summed E-state index contributed by atoms with van der Waals surface area (Å²) >= 11 is 1.67. The smallest absolute Gasteiger partial charge is 0.263 e. The number of aromatic amines is 1. The van der Waals surface area contributed by atoms with Gasteiger partial charge in [-0.05, 0) is 37.3 Å². The van der Waals surface area contributed by atoms with Gasteiger partial charge < -0.3 is 5.11 Å². The molecule has 0 spiro atoms. The standard InChI is InChI=1S/C13H17N3O3S2/c1-8-11(7-17)13(15-14-8)21(18,19)16-5-3-12-10(9(16)2)4-6-20-12/h4,6,9,17H,3,5,7H2,1-2H3,(H,14,15). The van der Waals surface area contributed by atoms with E-state index < -0.39 is 10.0 Å². The highest BCUT2D eigenvalue weighted by Crippen LogP contribution is 2.36. The van der Waals surface area contributed by atoms with E-state index in [1.54, 1.807) is 18.3 Å². The molecule has 6 nitrogen and oxygen atoms in total. The Hall–Kier alpha value is -1.22. The zero-order valence-electron chi connectivity index (χ0n) is 11.8. The van der Waals surface area contributed by atoms with Gasteiger partial charge in [-0.2, -0.15) is 9.40 Å². The summed E-state index contributed by atoms with van der Waals surface area (Å²) in [6, 6.07) is 1.77. The Bertz CT molecular complexity index is 763. The van der Waals surface area contributed by atoms with Crippen LogP contribution < -0.4 is 0 Å². The molecule has 0 radical (unpaired) electrons. The van der Waals surface area contributed by atoms with Crippen molar-refractivity contribution in [1.29, 1.82) is 0 Å². The second-order valence-electron chi connectivity index (χ2n) is 5.13. The third kappa shape index (κ3) is 2.22. The molecule has 0 amide bonds. The van der Waals surface area contributed by atoms with E-state index in [1.807, 2.05) is 18.4 Å². The average molecular weight is 327 g/mol. The van der Waals surface area contributed by atoms with Gasteiger partial charge in [-0.3, -0.25) is 5.10 Å². The van der Waals surface area contributed by atoms with Crippen LogP contribution in [0.25, 0.3) is 0 Å². The SMILES string of the molecule is Cc1[nH]nc(S(=O)(=O)N2CCc3sccc3C2C)c1CO. The topological polar surface area (TPSA) is 86.3 Å². The fraction of sp³-hybridized carbons (Fsp3) is 0.462. The first kappa shape index (κ1) is 14.7. The molecule has 0 aromatic carbocycles. The number of rotatable bonds is 3. The third-order valence-corrected chi connectivity index (χ3v) is 6.91. The Morgan fingerprint density at radius 2 is 2.33 bits per heavy atom. The van der Waals surface area contributed by atoms with E-state index in [0.717, 1.165) is 5.56 Å². The number of sulfonamides is 1. The molecule has 2 N–H and O–H groups in total. The van der Waals surface area contributed by atoms with Gasteiger partial charge in [0.1, 0.15) is 0 Å². The molecule has 0 bridgehead atoms. The molecule has 3 rings (SSSR count). The molecule has 1 unspecified atom stereocenters. The van der Waals surface area contributed by atoms with Crippen molar-refractivity contribution in [2.75, 3.05) is 6.54 Å². The Labute approximate surface area is 127 Å². The lowest BCUT2D eigenvalue weighted by Crippen LogP contribution is -2.38. The molecule has 0 saturated heterocycles. The van der Waals surface area contributed by atoms with Gasteiger partial charge in [0.05, 0.1) is 6.61 Å². The number of nitrogens with one attached hydrogen (secondary N) is 1. The second-order valence-corrected chi connectivity index (χ2v) is 7.94. The van der Waals surface area contributed by atoms with Crippen molar-refractivity contribution in [3.63, 3.8) is 0 Å². The third-order valence-electron chi connectivity index (χ3n) is 3.97. The molecule has 114 valence electrons. The highest BCUT2D eigenvalue weighted by atomic mass is 32.2. The normalized spacial score (nSPS) is 19.7. The summed E-state index contributed by atoms with van der Waals surface area (Å²) in [7, 11) is -3.72. The van der Waals surface area contributed by atoms with E-state index in [2.05, 4.69) is 10.2 Å². The number of aliphatic hydroxyl groups excluding tert-OH is 1. The lowest BCUT2D eigenvalue weighted by Gasteiger charge is -2.32. The van der Waals surface area contributed by atoms with E-state index in [1.165, 1.54) is 9.18 Å². The zero-order valence-corrected chi connectivity index (χ0v) is 13.5. The number of hydrogen-bond donors (Lipinski definition) is 2. The largest absolute Gasteiger partial charge is 0.392 e. The van der Waals surface area contributed by atoms with Crippen LogP contribution in [0, 0.1) is 6.92 Å². The number of aromatic nitrogens is 2. The van der Waals surface area contributed by atoms with E-state index in [4.69, 9.17) is 0 Å². The van der Waals surface area contributed by atoms with Gasteiger partial charge in [-0.25, -0.2) is 8.42 Å². The molecule has 1 atom stereocenters. The number of aliphatic hydroxyl groups is 1. The maximum Gasteiger partial charge on any atom is 0.263 e. The molecular formula is C13H17N3O3S2. The molecule has 3 heterocycles. The number of aryl methyl sites for hydroxylation is 1.